The van der Waals surface area contributed by atoms with Crippen molar-refractivity contribution in [2.24, 2.45) is 5.73 Å². The first kappa shape index (κ1) is 17.0. The Kier molecular flexibility index (Phi) is 4.98. The van der Waals surface area contributed by atoms with Gasteiger partial charge in [0.2, 0.25) is 5.91 Å². The fourth-order valence-corrected chi connectivity index (χ4v) is 3.25. The predicted molar refractivity (Wildman–Crippen MR) is 99.4 cm³/mol. The summed E-state index contributed by atoms with van der Waals surface area (Å²) in [7, 11) is 0. The standard InChI is InChI=1S/C21H23N3O/c1-15-8-16(2)10-18(9-15)13-24-14-23-19(20(24)12-21(22)25)11-17-6-4-3-5-7-17/h3-10,14H,11-13H2,1-2H3,(H2,22,25). The molecule has 0 unspecified atom stereocenters. The molecule has 0 radical (unpaired) electrons. The van der Waals surface area contributed by atoms with Crippen LogP contribution in [0.4, 0.5) is 0 Å². The molecule has 0 saturated heterocycles. The van der Waals surface area contributed by atoms with Crippen LogP contribution < -0.4 is 5.73 Å². The molecule has 0 bridgehead atoms. The zero-order valence-corrected chi connectivity index (χ0v) is 14.7. The number of carbonyl (C=O) groups is 1. The summed E-state index contributed by atoms with van der Waals surface area (Å²) in [5.74, 6) is -0.337. The summed E-state index contributed by atoms with van der Waals surface area (Å²) < 4.78 is 2.04. The van der Waals surface area contributed by atoms with Crippen molar-refractivity contribution >= 4 is 5.91 Å². The Balaban J connectivity index is 1.92. The molecule has 1 aromatic heterocycles. The second kappa shape index (κ2) is 7.34. The molecule has 4 heteroatoms. The van der Waals surface area contributed by atoms with Crippen molar-refractivity contribution in [3.05, 3.63) is 88.5 Å². The van der Waals surface area contributed by atoms with Gasteiger partial charge in [-0.3, -0.25) is 4.79 Å². The fraction of sp³-hybridized carbons (Fsp3) is 0.238. The molecule has 0 spiro atoms. The van der Waals surface area contributed by atoms with E-state index in [9.17, 15) is 4.79 Å². The maximum absolute atomic E-state index is 11.6. The molecule has 0 fully saturated rings. The second-order valence-corrected chi connectivity index (χ2v) is 6.57. The predicted octanol–water partition coefficient (Wildman–Crippen LogP) is 3.17. The molecular formula is C21H23N3O. The van der Waals surface area contributed by atoms with Crippen molar-refractivity contribution in [1.82, 2.24) is 9.55 Å². The van der Waals surface area contributed by atoms with Crippen LogP contribution in [0.2, 0.25) is 0 Å². The van der Waals surface area contributed by atoms with Crippen LogP contribution in [0, 0.1) is 13.8 Å². The zero-order valence-electron chi connectivity index (χ0n) is 14.7. The molecule has 25 heavy (non-hydrogen) atoms. The van der Waals surface area contributed by atoms with E-state index in [-0.39, 0.29) is 12.3 Å². The summed E-state index contributed by atoms with van der Waals surface area (Å²) in [5, 5.41) is 0. The number of nitrogens with zero attached hydrogens (tertiary/aromatic N) is 2. The van der Waals surface area contributed by atoms with E-state index in [2.05, 4.69) is 49.2 Å². The Hall–Kier alpha value is -2.88. The topological polar surface area (TPSA) is 60.9 Å². The van der Waals surface area contributed by atoms with Gasteiger partial charge < -0.3 is 10.3 Å². The van der Waals surface area contributed by atoms with E-state index in [1.807, 2.05) is 29.1 Å². The average molecular weight is 333 g/mol. The Bertz CT molecular complexity index is 861. The van der Waals surface area contributed by atoms with E-state index in [1.54, 1.807) is 0 Å². The van der Waals surface area contributed by atoms with E-state index < -0.39 is 0 Å². The molecular weight excluding hydrogens is 310 g/mol. The number of benzene rings is 2. The SMILES string of the molecule is Cc1cc(C)cc(Cn2cnc(Cc3ccccc3)c2CC(N)=O)c1. The number of aromatic nitrogens is 2. The van der Waals surface area contributed by atoms with Gasteiger partial charge in [0.05, 0.1) is 24.1 Å². The number of carbonyl (C=O) groups excluding carboxylic acids is 1. The number of nitrogens with two attached hydrogens (primary N) is 1. The molecule has 4 nitrogen and oxygen atoms in total. The van der Waals surface area contributed by atoms with Crippen LogP contribution in [0.1, 0.15) is 33.6 Å². The number of aryl methyl sites for hydroxylation is 2. The summed E-state index contributed by atoms with van der Waals surface area (Å²) in [5.41, 5.74) is 12.1. The van der Waals surface area contributed by atoms with Crippen molar-refractivity contribution in [1.29, 1.82) is 0 Å². The molecule has 0 aliphatic carbocycles. The van der Waals surface area contributed by atoms with Gasteiger partial charge in [0.1, 0.15) is 0 Å². The van der Waals surface area contributed by atoms with Gasteiger partial charge in [-0.1, -0.05) is 59.7 Å². The van der Waals surface area contributed by atoms with Crippen LogP contribution in [0.5, 0.6) is 0 Å². The lowest BCUT2D eigenvalue weighted by Crippen LogP contribution is -2.18. The number of imidazole rings is 1. The minimum absolute atomic E-state index is 0.201. The van der Waals surface area contributed by atoms with Gasteiger partial charge in [-0.15, -0.1) is 0 Å². The largest absolute Gasteiger partial charge is 0.369 e. The molecule has 0 atom stereocenters. The molecule has 2 N–H and O–H groups in total. The Morgan fingerprint density at radius 3 is 2.36 bits per heavy atom. The van der Waals surface area contributed by atoms with Crippen LogP contribution in [-0.4, -0.2) is 15.5 Å². The minimum Gasteiger partial charge on any atom is -0.369 e. The van der Waals surface area contributed by atoms with Gasteiger partial charge in [0.25, 0.3) is 0 Å². The van der Waals surface area contributed by atoms with Gasteiger partial charge >= 0.3 is 0 Å². The van der Waals surface area contributed by atoms with Gasteiger partial charge in [0.15, 0.2) is 0 Å². The molecule has 0 saturated carbocycles. The van der Waals surface area contributed by atoms with Crippen molar-refractivity contribution in [2.75, 3.05) is 0 Å². The van der Waals surface area contributed by atoms with E-state index in [1.165, 1.54) is 22.3 Å². The number of hydrogen-bond donors (Lipinski definition) is 1. The molecule has 1 amide bonds. The number of rotatable bonds is 6. The van der Waals surface area contributed by atoms with E-state index >= 15 is 0 Å². The normalized spacial score (nSPS) is 10.8. The lowest BCUT2D eigenvalue weighted by atomic mass is 10.1. The maximum atomic E-state index is 11.6. The molecule has 3 rings (SSSR count). The first-order chi connectivity index (χ1) is 12.0. The van der Waals surface area contributed by atoms with Crippen molar-refractivity contribution < 1.29 is 4.79 Å². The zero-order chi connectivity index (χ0) is 17.8. The second-order valence-electron chi connectivity index (χ2n) is 6.57. The maximum Gasteiger partial charge on any atom is 0.223 e. The highest BCUT2D eigenvalue weighted by molar-refractivity contribution is 5.76. The summed E-state index contributed by atoms with van der Waals surface area (Å²) in [6.45, 7) is 4.87. The summed E-state index contributed by atoms with van der Waals surface area (Å²) >= 11 is 0. The van der Waals surface area contributed by atoms with Crippen molar-refractivity contribution in [3.8, 4) is 0 Å². The van der Waals surface area contributed by atoms with Crippen LogP contribution in [-0.2, 0) is 24.2 Å². The van der Waals surface area contributed by atoms with Crippen LogP contribution in [0.3, 0.4) is 0 Å². The highest BCUT2D eigenvalue weighted by Gasteiger charge is 2.14. The fourth-order valence-electron chi connectivity index (χ4n) is 3.25. The third kappa shape index (κ3) is 4.35. The van der Waals surface area contributed by atoms with Crippen LogP contribution >= 0.6 is 0 Å². The highest BCUT2D eigenvalue weighted by Crippen LogP contribution is 2.17. The van der Waals surface area contributed by atoms with Gasteiger partial charge in [0, 0.05) is 13.0 Å². The molecule has 128 valence electrons. The Labute approximate surface area is 148 Å². The Morgan fingerprint density at radius 1 is 1.04 bits per heavy atom. The highest BCUT2D eigenvalue weighted by atomic mass is 16.1. The van der Waals surface area contributed by atoms with Crippen molar-refractivity contribution in [2.45, 2.75) is 33.2 Å². The minimum atomic E-state index is -0.337. The van der Waals surface area contributed by atoms with E-state index in [4.69, 9.17) is 5.73 Å². The molecule has 1 heterocycles. The summed E-state index contributed by atoms with van der Waals surface area (Å²) in [6, 6.07) is 16.6. The third-order valence-electron chi connectivity index (χ3n) is 4.22. The molecule has 0 aliphatic heterocycles. The van der Waals surface area contributed by atoms with Gasteiger partial charge in [-0.25, -0.2) is 4.98 Å². The third-order valence-corrected chi connectivity index (χ3v) is 4.22. The monoisotopic (exact) mass is 333 g/mol. The summed E-state index contributed by atoms with van der Waals surface area (Å²) in [4.78, 5) is 16.1. The molecule has 2 aromatic carbocycles. The van der Waals surface area contributed by atoms with Gasteiger partial charge in [-0.05, 0) is 25.0 Å². The molecule has 3 aromatic rings. The van der Waals surface area contributed by atoms with Crippen LogP contribution in [0.25, 0.3) is 0 Å². The quantitative estimate of drug-likeness (QED) is 0.753. The lowest BCUT2D eigenvalue weighted by Gasteiger charge is -2.11. The van der Waals surface area contributed by atoms with E-state index in [0.29, 0.717) is 13.0 Å². The summed E-state index contributed by atoms with van der Waals surface area (Å²) in [6.07, 6.45) is 2.71. The first-order valence-corrected chi connectivity index (χ1v) is 8.43. The van der Waals surface area contributed by atoms with Gasteiger partial charge in [-0.2, -0.15) is 0 Å². The Morgan fingerprint density at radius 2 is 1.72 bits per heavy atom. The lowest BCUT2D eigenvalue weighted by molar-refractivity contribution is -0.117. The number of amides is 1. The smallest absolute Gasteiger partial charge is 0.223 e. The number of primary amides is 1. The molecule has 0 aliphatic rings. The average Bonchev–Trinajstić information content (AvgIpc) is 2.89. The number of hydrogen-bond acceptors (Lipinski definition) is 2. The van der Waals surface area contributed by atoms with E-state index in [0.717, 1.165) is 11.4 Å². The first-order valence-electron chi connectivity index (χ1n) is 8.43. The van der Waals surface area contributed by atoms with Crippen LogP contribution in [0.15, 0.2) is 54.9 Å². The van der Waals surface area contributed by atoms with Crippen molar-refractivity contribution in [3.63, 3.8) is 0 Å².